The fraction of sp³-hybridized carbons (Fsp3) is 0.440. The van der Waals surface area contributed by atoms with Crippen LogP contribution in [0.3, 0.4) is 0 Å². The number of hydrogen-bond acceptors (Lipinski definition) is 3. The van der Waals surface area contributed by atoms with Gasteiger partial charge in [0, 0.05) is 56.4 Å². The Kier molecular flexibility index (Phi) is 6.25. The normalized spacial score (nSPS) is 17.7. The largest absolute Gasteiger partial charge is 0.368 e. The van der Waals surface area contributed by atoms with Gasteiger partial charge in [0.05, 0.1) is 0 Å². The first-order chi connectivity index (χ1) is 14.9. The summed E-state index contributed by atoms with van der Waals surface area (Å²) < 4.78 is 13.1. The summed E-state index contributed by atoms with van der Waals surface area (Å²) in [5, 5.41) is 0. The summed E-state index contributed by atoms with van der Waals surface area (Å²) in [6.45, 7) is 8.58. The van der Waals surface area contributed by atoms with E-state index in [0.717, 1.165) is 26.2 Å². The molecule has 2 amide bonds. The summed E-state index contributed by atoms with van der Waals surface area (Å²) in [5.74, 6) is -0.245. The molecule has 0 N–H and O–H groups in total. The third-order valence-corrected chi connectivity index (χ3v) is 6.73. The van der Waals surface area contributed by atoms with E-state index in [1.807, 2.05) is 4.90 Å². The number of piperidine rings is 1. The highest BCUT2D eigenvalue weighted by Crippen LogP contribution is 2.26. The molecule has 2 aromatic carbocycles. The van der Waals surface area contributed by atoms with Crippen molar-refractivity contribution in [2.45, 2.75) is 26.7 Å². The summed E-state index contributed by atoms with van der Waals surface area (Å²) in [6.07, 6.45) is 1.37. The van der Waals surface area contributed by atoms with Crippen molar-refractivity contribution in [1.82, 2.24) is 9.80 Å². The maximum absolute atomic E-state index is 13.1. The zero-order chi connectivity index (χ0) is 22.0. The first kappa shape index (κ1) is 21.3. The van der Waals surface area contributed by atoms with Crippen LogP contribution in [-0.2, 0) is 4.79 Å². The lowest BCUT2D eigenvalue weighted by molar-refractivity contribution is -0.137. The van der Waals surface area contributed by atoms with E-state index in [1.165, 1.54) is 41.1 Å². The van der Waals surface area contributed by atoms with Crippen LogP contribution < -0.4 is 4.90 Å². The van der Waals surface area contributed by atoms with Gasteiger partial charge in [-0.25, -0.2) is 4.39 Å². The van der Waals surface area contributed by atoms with Crippen molar-refractivity contribution in [1.29, 1.82) is 0 Å². The molecule has 0 spiro atoms. The fourth-order valence-electron chi connectivity index (χ4n) is 4.61. The van der Waals surface area contributed by atoms with E-state index in [9.17, 15) is 14.0 Å². The lowest BCUT2D eigenvalue weighted by Gasteiger charge is -2.40. The molecule has 2 aliphatic heterocycles. The molecule has 4 rings (SSSR count). The fourth-order valence-corrected chi connectivity index (χ4v) is 4.61. The Balaban J connectivity index is 1.29. The van der Waals surface area contributed by atoms with Crippen molar-refractivity contribution >= 4 is 17.5 Å². The highest BCUT2D eigenvalue weighted by Gasteiger charge is 2.32. The van der Waals surface area contributed by atoms with E-state index < -0.39 is 0 Å². The average molecular weight is 424 g/mol. The molecule has 0 atom stereocenters. The monoisotopic (exact) mass is 423 g/mol. The summed E-state index contributed by atoms with van der Waals surface area (Å²) in [5.41, 5.74) is 4.35. The molecule has 0 bridgehead atoms. The van der Waals surface area contributed by atoms with Crippen LogP contribution in [0.15, 0.2) is 42.5 Å². The van der Waals surface area contributed by atoms with E-state index >= 15 is 0 Å². The molecule has 6 heteroatoms. The number of amides is 2. The average Bonchev–Trinajstić information content (AvgIpc) is 2.81. The number of halogens is 1. The number of aryl methyl sites for hydroxylation is 1. The lowest BCUT2D eigenvalue weighted by atomic mass is 9.94. The third-order valence-electron chi connectivity index (χ3n) is 6.73. The van der Waals surface area contributed by atoms with Gasteiger partial charge in [-0.05, 0) is 68.1 Å². The van der Waals surface area contributed by atoms with Gasteiger partial charge < -0.3 is 14.7 Å². The Hall–Kier alpha value is -2.89. The van der Waals surface area contributed by atoms with E-state index in [2.05, 4.69) is 36.9 Å². The number of hydrogen-bond donors (Lipinski definition) is 0. The van der Waals surface area contributed by atoms with Gasteiger partial charge in [0.2, 0.25) is 5.91 Å². The molecule has 2 fully saturated rings. The van der Waals surface area contributed by atoms with Crippen molar-refractivity contribution in [2.75, 3.05) is 44.2 Å². The SMILES string of the molecule is Cc1cccc(N2CCN(C(=O)C3CCN(C(=O)c4ccc(F)cc4)CC3)CC2)c1C. The molecular weight excluding hydrogens is 393 g/mol. The van der Waals surface area contributed by atoms with Crippen LogP contribution in [0.25, 0.3) is 0 Å². The summed E-state index contributed by atoms with van der Waals surface area (Å²) in [6, 6.07) is 12.0. The van der Waals surface area contributed by atoms with Gasteiger partial charge in [0.1, 0.15) is 5.82 Å². The Morgan fingerprint density at radius 3 is 2.13 bits per heavy atom. The zero-order valence-corrected chi connectivity index (χ0v) is 18.3. The van der Waals surface area contributed by atoms with Gasteiger partial charge >= 0.3 is 0 Å². The standard InChI is InChI=1S/C25H30FN3O2/c1-18-4-3-5-23(19(18)2)27-14-16-29(17-15-27)25(31)21-10-12-28(13-11-21)24(30)20-6-8-22(26)9-7-20/h3-9,21H,10-17H2,1-2H3. The number of likely N-dealkylation sites (tertiary alicyclic amines) is 1. The van der Waals surface area contributed by atoms with Gasteiger partial charge in [-0.2, -0.15) is 0 Å². The molecule has 2 heterocycles. The van der Waals surface area contributed by atoms with E-state index in [-0.39, 0.29) is 23.5 Å². The molecular formula is C25H30FN3O2. The number of benzene rings is 2. The second-order valence-corrected chi connectivity index (χ2v) is 8.60. The Bertz CT molecular complexity index is 944. The Labute approximate surface area is 183 Å². The van der Waals surface area contributed by atoms with Crippen molar-refractivity contribution in [2.24, 2.45) is 5.92 Å². The van der Waals surface area contributed by atoms with Crippen molar-refractivity contribution in [3.63, 3.8) is 0 Å². The van der Waals surface area contributed by atoms with Crippen LogP contribution in [0, 0.1) is 25.6 Å². The number of carbonyl (C=O) groups excluding carboxylic acids is 2. The molecule has 2 aliphatic rings. The quantitative estimate of drug-likeness (QED) is 0.757. The molecule has 0 saturated carbocycles. The van der Waals surface area contributed by atoms with Crippen LogP contribution in [0.2, 0.25) is 0 Å². The van der Waals surface area contributed by atoms with Gasteiger partial charge in [-0.3, -0.25) is 9.59 Å². The number of carbonyl (C=O) groups is 2. The van der Waals surface area contributed by atoms with E-state index in [0.29, 0.717) is 31.5 Å². The second-order valence-electron chi connectivity index (χ2n) is 8.60. The highest BCUT2D eigenvalue weighted by molar-refractivity contribution is 5.94. The van der Waals surface area contributed by atoms with Crippen LogP contribution in [-0.4, -0.2) is 60.9 Å². The Morgan fingerprint density at radius 2 is 1.48 bits per heavy atom. The highest BCUT2D eigenvalue weighted by atomic mass is 19.1. The summed E-state index contributed by atoms with van der Waals surface area (Å²) in [4.78, 5) is 31.8. The molecule has 31 heavy (non-hydrogen) atoms. The third kappa shape index (κ3) is 4.58. The van der Waals surface area contributed by atoms with Crippen LogP contribution in [0.5, 0.6) is 0 Å². The predicted molar refractivity (Wildman–Crippen MR) is 120 cm³/mol. The first-order valence-electron chi connectivity index (χ1n) is 11.1. The maximum atomic E-state index is 13.1. The molecule has 0 aliphatic carbocycles. The lowest BCUT2D eigenvalue weighted by Crippen LogP contribution is -2.52. The molecule has 2 aromatic rings. The number of nitrogens with zero attached hydrogens (tertiary/aromatic N) is 3. The number of anilines is 1. The molecule has 0 unspecified atom stereocenters. The number of rotatable bonds is 3. The van der Waals surface area contributed by atoms with Crippen molar-refractivity contribution in [3.8, 4) is 0 Å². The maximum Gasteiger partial charge on any atom is 0.253 e. The minimum atomic E-state index is -0.349. The number of piperazine rings is 1. The summed E-state index contributed by atoms with van der Waals surface area (Å²) >= 11 is 0. The van der Waals surface area contributed by atoms with Crippen LogP contribution in [0.1, 0.15) is 34.3 Å². The molecule has 2 saturated heterocycles. The molecule has 0 radical (unpaired) electrons. The van der Waals surface area contributed by atoms with Gasteiger partial charge in [-0.15, -0.1) is 0 Å². The smallest absolute Gasteiger partial charge is 0.253 e. The molecule has 5 nitrogen and oxygen atoms in total. The predicted octanol–water partition coefficient (Wildman–Crippen LogP) is 3.64. The molecule has 0 aromatic heterocycles. The van der Waals surface area contributed by atoms with E-state index in [4.69, 9.17) is 0 Å². The van der Waals surface area contributed by atoms with Gasteiger partial charge in [-0.1, -0.05) is 12.1 Å². The van der Waals surface area contributed by atoms with Gasteiger partial charge in [0.25, 0.3) is 5.91 Å². The topological polar surface area (TPSA) is 43.9 Å². The van der Waals surface area contributed by atoms with Crippen LogP contribution >= 0.6 is 0 Å². The van der Waals surface area contributed by atoms with Crippen molar-refractivity contribution in [3.05, 3.63) is 65.0 Å². The zero-order valence-electron chi connectivity index (χ0n) is 18.3. The minimum absolute atomic E-state index is 0.0236. The van der Waals surface area contributed by atoms with Crippen LogP contribution in [0.4, 0.5) is 10.1 Å². The Morgan fingerprint density at radius 1 is 0.839 bits per heavy atom. The molecule has 164 valence electrons. The first-order valence-corrected chi connectivity index (χ1v) is 11.1. The van der Waals surface area contributed by atoms with Crippen molar-refractivity contribution < 1.29 is 14.0 Å². The van der Waals surface area contributed by atoms with Gasteiger partial charge in [0.15, 0.2) is 0 Å². The van der Waals surface area contributed by atoms with E-state index in [1.54, 1.807) is 4.90 Å². The second kappa shape index (κ2) is 9.08. The summed E-state index contributed by atoms with van der Waals surface area (Å²) in [7, 11) is 0. The minimum Gasteiger partial charge on any atom is -0.368 e.